The maximum atomic E-state index is 6.13. The van der Waals surface area contributed by atoms with E-state index in [1.807, 2.05) is 0 Å². The first kappa shape index (κ1) is 9.78. The van der Waals surface area contributed by atoms with Crippen LogP contribution in [-0.4, -0.2) is 0 Å². The number of alkyl halides is 2. The lowest BCUT2D eigenvalue weighted by atomic mass is 10.2. The molecule has 12 heavy (non-hydrogen) atoms. The lowest BCUT2D eigenvalue weighted by Gasteiger charge is -1.98. The van der Waals surface area contributed by atoms with Crippen molar-refractivity contribution >= 4 is 66.4 Å². The van der Waals surface area contributed by atoms with E-state index in [0.717, 1.165) is 14.0 Å². The van der Waals surface area contributed by atoms with Gasteiger partial charge in [0.25, 0.3) is 0 Å². The molecular formula is C7H4Br2Cl2S. The minimum absolute atomic E-state index is 0.0689. The summed E-state index contributed by atoms with van der Waals surface area (Å²) in [5.74, 6) is 0. The summed E-state index contributed by atoms with van der Waals surface area (Å²) >= 11 is 20.9. The predicted octanol–water partition coefficient (Wildman–Crippen LogP) is 5.24. The summed E-state index contributed by atoms with van der Waals surface area (Å²) in [4.78, 5) is 0. The van der Waals surface area contributed by atoms with Crippen molar-refractivity contribution in [3.05, 3.63) is 18.7 Å². The molecule has 0 amide bonds. The van der Waals surface area contributed by atoms with Crippen molar-refractivity contribution in [1.82, 2.24) is 0 Å². The number of rotatable bonds is 0. The molecule has 0 fully saturated rings. The Balaban J connectivity index is 2.62. The molecule has 1 heterocycles. The highest BCUT2D eigenvalue weighted by Gasteiger charge is 2.34. The number of hydrogen-bond donors (Lipinski definition) is 0. The minimum atomic E-state index is 0.0689. The Bertz CT molecular complexity index is 295. The predicted molar refractivity (Wildman–Crippen MR) is 61.5 cm³/mol. The fraction of sp³-hybridized carbons (Fsp3) is 0.429. The minimum Gasteiger partial charge on any atom is -0.121 e. The van der Waals surface area contributed by atoms with Gasteiger partial charge < -0.3 is 0 Å². The van der Waals surface area contributed by atoms with Gasteiger partial charge in [0.1, 0.15) is 0 Å². The molecule has 1 aliphatic rings. The third-order valence-corrected chi connectivity index (χ3v) is 5.35. The average molecular weight is 351 g/mol. The van der Waals surface area contributed by atoms with Crippen molar-refractivity contribution < 1.29 is 0 Å². The van der Waals surface area contributed by atoms with Crippen LogP contribution in [-0.2, 0) is 0 Å². The Morgan fingerprint density at radius 3 is 1.92 bits per heavy atom. The molecule has 2 rings (SSSR count). The zero-order valence-corrected chi connectivity index (χ0v) is 11.3. The van der Waals surface area contributed by atoms with E-state index < -0.39 is 0 Å². The van der Waals surface area contributed by atoms with Crippen LogP contribution in [0.5, 0.6) is 0 Å². The fourth-order valence-electron chi connectivity index (χ4n) is 1.40. The Hall–Kier alpha value is 1.24. The van der Waals surface area contributed by atoms with Crippen LogP contribution in [0.3, 0.4) is 0 Å². The second-order valence-corrected chi connectivity index (χ2v) is 7.36. The van der Waals surface area contributed by atoms with Gasteiger partial charge in [-0.25, -0.2) is 0 Å². The molecule has 0 bridgehead atoms. The van der Waals surface area contributed by atoms with Crippen molar-refractivity contribution in [1.29, 1.82) is 0 Å². The zero-order chi connectivity index (χ0) is 8.88. The Kier molecular flexibility index (Phi) is 2.79. The molecule has 0 aromatic carbocycles. The molecule has 2 atom stereocenters. The van der Waals surface area contributed by atoms with E-state index in [-0.39, 0.29) is 10.8 Å². The Morgan fingerprint density at radius 1 is 1.08 bits per heavy atom. The average Bonchev–Trinajstić information content (AvgIpc) is 2.38. The van der Waals surface area contributed by atoms with Crippen LogP contribution < -0.4 is 0 Å². The quantitative estimate of drug-likeness (QED) is 0.561. The second kappa shape index (κ2) is 3.43. The molecule has 0 nitrogen and oxygen atoms in total. The van der Waals surface area contributed by atoms with E-state index in [0.29, 0.717) is 0 Å². The van der Waals surface area contributed by atoms with Crippen molar-refractivity contribution in [3.63, 3.8) is 0 Å². The highest BCUT2D eigenvalue weighted by Crippen LogP contribution is 2.55. The van der Waals surface area contributed by atoms with E-state index in [2.05, 4.69) is 31.9 Å². The van der Waals surface area contributed by atoms with Crippen LogP contribution in [0.15, 0.2) is 7.57 Å². The molecule has 1 aromatic heterocycles. The molecule has 0 radical (unpaired) electrons. The molecule has 1 aromatic rings. The van der Waals surface area contributed by atoms with Gasteiger partial charge in [-0.05, 0) is 38.3 Å². The smallest absolute Gasteiger partial charge is 0.0760 e. The first-order valence-corrected chi connectivity index (χ1v) is 6.64. The normalized spacial score (nSPS) is 27.7. The van der Waals surface area contributed by atoms with Crippen LogP contribution in [0.25, 0.3) is 0 Å². The van der Waals surface area contributed by atoms with Gasteiger partial charge in [0, 0.05) is 11.1 Å². The summed E-state index contributed by atoms with van der Waals surface area (Å²) in [5.41, 5.74) is 2.35. The standard InChI is InChI=1S/C7H4Br2Cl2S/c8-6-4-2(10)1-3(11)5(4)7(9)12-6/h2-3H,1H2/t2-,3-/m1/s1. The number of fused-ring (bicyclic) bond motifs is 1. The summed E-state index contributed by atoms with van der Waals surface area (Å²) in [5, 5.41) is 0.138. The van der Waals surface area contributed by atoms with E-state index in [1.165, 1.54) is 11.1 Å². The van der Waals surface area contributed by atoms with Crippen LogP contribution >= 0.6 is 66.4 Å². The third kappa shape index (κ3) is 1.38. The molecule has 66 valence electrons. The van der Waals surface area contributed by atoms with Gasteiger partial charge in [0.15, 0.2) is 0 Å². The van der Waals surface area contributed by atoms with Crippen molar-refractivity contribution in [3.8, 4) is 0 Å². The van der Waals surface area contributed by atoms with E-state index >= 15 is 0 Å². The summed E-state index contributed by atoms with van der Waals surface area (Å²) < 4.78 is 2.21. The van der Waals surface area contributed by atoms with Crippen LogP contribution in [0.2, 0.25) is 0 Å². The molecule has 0 unspecified atom stereocenters. The topological polar surface area (TPSA) is 0 Å². The van der Waals surface area contributed by atoms with Crippen molar-refractivity contribution in [2.75, 3.05) is 0 Å². The Labute approximate surface area is 102 Å². The van der Waals surface area contributed by atoms with Gasteiger partial charge in [0.2, 0.25) is 0 Å². The number of halogens is 4. The lowest BCUT2D eigenvalue weighted by Crippen LogP contribution is -1.79. The van der Waals surface area contributed by atoms with Crippen LogP contribution in [0.4, 0.5) is 0 Å². The summed E-state index contributed by atoms with van der Waals surface area (Å²) in [6.45, 7) is 0. The molecule has 0 saturated carbocycles. The highest BCUT2D eigenvalue weighted by atomic mass is 79.9. The van der Waals surface area contributed by atoms with Gasteiger partial charge in [0.05, 0.1) is 18.3 Å². The summed E-state index contributed by atoms with van der Waals surface area (Å²) in [6, 6.07) is 0. The number of hydrogen-bond acceptors (Lipinski definition) is 1. The Morgan fingerprint density at radius 2 is 1.50 bits per heavy atom. The second-order valence-electron chi connectivity index (χ2n) is 2.65. The first-order valence-electron chi connectivity index (χ1n) is 3.37. The maximum Gasteiger partial charge on any atom is 0.0760 e. The van der Waals surface area contributed by atoms with Gasteiger partial charge >= 0.3 is 0 Å². The van der Waals surface area contributed by atoms with Gasteiger partial charge in [-0.2, -0.15) is 0 Å². The van der Waals surface area contributed by atoms with Gasteiger partial charge in [-0.1, -0.05) is 0 Å². The SMILES string of the molecule is Cl[C@@H]1C[C@@H](Cl)c2c(Br)sc(Br)c21. The largest absolute Gasteiger partial charge is 0.121 e. The molecule has 0 N–H and O–H groups in total. The lowest BCUT2D eigenvalue weighted by molar-refractivity contribution is 0.853. The molecule has 0 saturated heterocycles. The third-order valence-electron chi connectivity index (χ3n) is 1.93. The monoisotopic (exact) mass is 348 g/mol. The fourth-order valence-corrected chi connectivity index (χ4v) is 6.18. The van der Waals surface area contributed by atoms with E-state index in [1.54, 1.807) is 11.3 Å². The maximum absolute atomic E-state index is 6.13. The van der Waals surface area contributed by atoms with Crippen LogP contribution in [0.1, 0.15) is 28.3 Å². The van der Waals surface area contributed by atoms with Crippen molar-refractivity contribution in [2.24, 2.45) is 0 Å². The van der Waals surface area contributed by atoms with Gasteiger partial charge in [-0.15, -0.1) is 34.5 Å². The molecular weight excluding hydrogens is 347 g/mol. The number of thiophene rings is 1. The molecule has 0 spiro atoms. The van der Waals surface area contributed by atoms with E-state index in [4.69, 9.17) is 23.2 Å². The first-order chi connectivity index (χ1) is 5.61. The molecule has 5 heteroatoms. The summed E-state index contributed by atoms with van der Waals surface area (Å²) in [7, 11) is 0. The zero-order valence-electron chi connectivity index (χ0n) is 5.78. The van der Waals surface area contributed by atoms with Gasteiger partial charge in [-0.3, -0.25) is 0 Å². The molecule has 1 aliphatic carbocycles. The summed E-state index contributed by atoms with van der Waals surface area (Å²) in [6.07, 6.45) is 0.832. The van der Waals surface area contributed by atoms with E-state index in [9.17, 15) is 0 Å². The highest BCUT2D eigenvalue weighted by molar-refractivity contribution is 9.12. The molecule has 0 aliphatic heterocycles. The van der Waals surface area contributed by atoms with Crippen molar-refractivity contribution in [2.45, 2.75) is 17.2 Å². The van der Waals surface area contributed by atoms with Crippen LogP contribution in [0, 0.1) is 0 Å².